The van der Waals surface area contributed by atoms with E-state index in [0.717, 1.165) is 38.2 Å². The Morgan fingerprint density at radius 3 is 2.60 bits per heavy atom. The topological polar surface area (TPSA) is 55.6 Å². The zero-order valence-electron chi connectivity index (χ0n) is 11.2. The molecule has 1 aliphatic rings. The summed E-state index contributed by atoms with van der Waals surface area (Å²) >= 11 is 0. The molecule has 0 aliphatic carbocycles. The maximum absolute atomic E-state index is 13.1. The lowest BCUT2D eigenvalue weighted by Gasteiger charge is -2.14. The van der Waals surface area contributed by atoms with Gasteiger partial charge >= 0.3 is 5.97 Å². The fourth-order valence-corrected chi connectivity index (χ4v) is 2.28. The predicted octanol–water partition coefficient (Wildman–Crippen LogP) is 2.19. The van der Waals surface area contributed by atoms with Crippen molar-refractivity contribution >= 4 is 11.7 Å². The molecule has 1 heterocycles. The van der Waals surface area contributed by atoms with E-state index in [0.29, 0.717) is 0 Å². The molecule has 2 rings (SSSR count). The van der Waals surface area contributed by atoms with Crippen molar-refractivity contribution in [3.8, 4) is 0 Å². The van der Waals surface area contributed by atoms with E-state index in [1.807, 2.05) is 0 Å². The van der Waals surface area contributed by atoms with Crippen molar-refractivity contribution in [3.05, 3.63) is 29.3 Å². The van der Waals surface area contributed by atoms with E-state index < -0.39 is 17.6 Å². The molecule has 4 nitrogen and oxygen atoms in total. The number of esters is 1. The minimum Gasteiger partial charge on any atom is -0.462 e. The number of anilines is 1. The molecule has 0 bridgehead atoms. The van der Waals surface area contributed by atoms with Gasteiger partial charge in [0, 0.05) is 18.3 Å². The number of likely N-dealkylation sites (tertiary alicyclic amines) is 1. The predicted molar refractivity (Wildman–Crippen MR) is 71.3 cm³/mol. The average molecular weight is 284 g/mol. The third-order valence-corrected chi connectivity index (χ3v) is 3.36. The molecule has 20 heavy (non-hydrogen) atoms. The summed E-state index contributed by atoms with van der Waals surface area (Å²) in [6.07, 6.45) is 3.14. The molecule has 2 N–H and O–H groups in total. The number of ether oxygens (including phenoxy) is 1. The lowest BCUT2D eigenvalue weighted by molar-refractivity contribution is 0.0491. The number of rotatable bonds is 5. The Labute approximate surface area is 116 Å². The standard InChI is InChI=1S/C14H18F2N2O2/c15-11-8-10(13(17)9-12(11)16)14(19)20-7-3-6-18-4-1-2-5-18/h8-9H,1-7,17H2. The third-order valence-electron chi connectivity index (χ3n) is 3.36. The molecule has 1 aliphatic heterocycles. The molecule has 1 saturated heterocycles. The summed E-state index contributed by atoms with van der Waals surface area (Å²) in [6.45, 7) is 3.29. The monoisotopic (exact) mass is 284 g/mol. The quantitative estimate of drug-likeness (QED) is 0.511. The van der Waals surface area contributed by atoms with E-state index in [9.17, 15) is 13.6 Å². The number of halogens is 2. The third kappa shape index (κ3) is 3.66. The van der Waals surface area contributed by atoms with Crippen LogP contribution in [0.25, 0.3) is 0 Å². The summed E-state index contributed by atoms with van der Waals surface area (Å²) < 4.78 is 31.0. The molecular weight excluding hydrogens is 266 g/mol. The average Bonchev–Trinajstić information content (AvgIpc) is 2.92. The number of nitrogen functional groups attached to an aromatic ring is 1. The van der Waals surface area contributed by atoms with Crippen LogP contribution in [0, 0.1) is 11.6 Å². The first-order valence-corrected chi connectivity index (χ1v) is 6.72. The van der Waals surface area contributed by atoms with Crippen LogP contribution < -0.4 is 5.73 Å². The second kappa shape index (κ2) is 6.65. The summed E-state index contributed by atoms with van der Waals surface area (Å²) in [6, 6.07) is 1.56. The molecule has 1 aromatic carbocycles. The number of carbonyl (C=O) groups excluding carboxylic acids is 1. The molecule has 110 valence electrons. The van der Waals surface area contributed by atoms with Crippen molar-refractivity contribution in [2.75, 3.05) is 32.0 Å². The zero-order valence-corrected chi connectivity index (χ0v) is 11.2. The smallest absolute Gasteiger partial charge is 0.340 e. The van der Waals surface area contributed by atoms with Crippen molar-refractivity contribution < 1.29 is 18.3 Å². The Hall–Kier alpha value is -1.69. The van der Waals surface area contributed by atoms with E-state index in [2.05, 4.69) is 4.90 Å². The van der Waals surface area contributed by atoms with Crippen LogP contribution in [0.1, 0.15) is 29.6 Å². The molecule has 0 aromatic heterocycles. The maximum Gasteiger partial charge on any atom is 0.340 e. The highest BCUT2D eigenvalue weighted by Crippen LogP contribution is 2.18. The first-order chi connectivity index (χ1) is 9.58. The van der Waals surface area contributed by atoms with Crippen LogP contribution in [0.3, 0.4) is 0 Å². The summed E-state index contributed by atoms with van der Waals surface area (Å²) in [4.78, 5) is 14.0. The van der Waals surface area contributed by atoms with E-state index in [4.69, 9.17) is 10.5 Å². The highest BCUT2D eigenvalue weighted by atomic mass is 19.2. The minimum absolute atomic E-state index is 0.117. The van der Waals surface area contributed by atoms with Crippen LogP contribution in [-0.2, 0) is 4.74 Å². The van der Waals surface area contributed by atoms with Crippen molar-refractivity contribution in [1.29, 1.82) is 0 Å². The Kier molecular flexibility index (Phi) is 4.89. The van der Waals surface area contributed by atoms with Gasteiger partial charge in [-0.25, -0.2) is 13.6 Å². The molecule has 0 atom stereocenters. The van der Waals surface area contributed by atoms with Crippen molar-refractivity contribution in [1.82, 2.24) is 4.90 Å². The molecule has 0 amide bonds. The lowest BCUT2D eigenvalue weighted by Crippen LogP contribution is -2.22. The Balaban J connectivity index is 1.81. The Morgan fingerprint density at radius 2 is 1.90 bits per heavy atom. The molecule has 0 spiro atoms. The highest BCUT2D eigenvalue weighted by Gasteiger charge is 2.16. The second-order valence-corrected chi connectivity index (χ2v) is 4.89. The van der Waals surface area contributed by atoms with Crippen LogP contribution in [0.2, 0.25) is 0 Å². The van der Waals surface area contributed by atoms with Gasteiger partial charge in [0.05, 0.1) is 12.2 Å². The molecule has 0 saturated carbocycles. The van der Waals surface area contributed by atoms with Crippen molar-refractivity contribution in [2.24, 2.45) is 0 Å². The SMILES string of the molecule is Nc1cc(F)c(F)cc1C(=O)OCCCN1CCCC1. The summed E-state index contributed by atoms with van der Waals surface area (Å²) in [5, 5.41) is 0. The van der Waals surface area contributed by atoms with Gasteiger partial charge in [0.1, 0.15) is 0 Å². The second-order valence-electron chi connectivity index (χ2n) is 4.89. The van der Waals surface area contributed by atoms with Crippen molar-refractivity contribution in [3.63, 3.8) is 0 Å². The molecule has 0 unspecified atom stereocenters. The number of nitrogens with two attached hydrogens (primary N) is 1. The van der Waals surface area contributed by atoms with Gasteiger partial charge in [-0.3, -0.25) is 0 Å². The van der Waals surface area contributed by atoms with E-state index in [-0.39, 0.29) is 17.9 Å². The van der Waals surface area contributed by atoms with Gasteiger partial charge in [0.25, 0.3) is 0 Å². The fraction of sp³-hybridized carbons (Fsp3) is 0.500. The molecular formula is C14H18F2N2O2. The largest absolute Gasteiger partial charge is 0.462 e. The fourth-order valence-electron chi connectivity index (χ4n) is 2.28. The zero-order chi connectivity index (χ0) is 14.5. The normalized spacial score (nSPS) is 15.5. The van der Waals surface area contributed by atoms with Crippen LogP contribution in [0.4, 0.5) is 14.5 Å². The number of nitrogens with zero attached hydrogens (tertiary/aromatic N) is 1. The van der Waals surface area contributed by atoms with Crippen LogP contribution >= 0.6 is 0 Å². The Bertz CT molecular complexity index is 488. The highest BCUT2D eigenvalue weighted by molar-refractivity contribution is 5.95. The summed E-state index contributed by atoms with van der Waals surface area (Å²) in [5.74, 6) is -2.90. The van der Waals surface area contributed by atoms with E-state index >= 15 is 0 Å². The number of carbonyl (C=O) groups is 1. The molecule has 1 aromatic rings. The van der Waals surface area contributed by atoms with Gasteiger partial charge in [-0.05, 0) is 38.4 Å². The van der Waals surface area contributed by atoms with E-state index in [1.54, 1.807) is 0 Å². The molecule has 0 radical (unpaired) electrons. The van der Waals surface area contributed by atoms with Gasteiger partial charge in [0.15, 0.2) is 11.6 Å². The first kappa shape index (κ1) is 14.7. The van der Waals surface area contributed by atoms with E-state index in [1.165, 1.54) is 12.8 Å². The van der Waals surface area contributed by atoms with Crippen molar-refractivity contribution in [2.45, 2.75) is 19.3 Å². The number of benzene rings is 1. The van der Waals surface area contributed by atoms with Crippen LogP contribution in [-0.4, -0.2) is 37.1 Å². The lowest BCUT2D eigenvalue weighted by atomic mass is 10.1. The van der Waals surface area contributed by atoms with Gasteiger partial charge in [-0.15, -0.1) is 0 Å². The Morgan fingerprint density at radius 1 is 1.25 bits per heavy atom. The first-order valence-electron chi connectivity index (χ1n) is 6.72. The van der Waals surface area contributed by atoms with Crippen LogP contribution in [0.15, 0.2) is 12.1 Å². The maximum atomic E-state index is 13.1. The van der Waals surface area contributed by atoms with Gasteiger partial charge in [-0.2, -0.15) is 0 Å². The summed E-state index contributed by atoms with van der Waals surface area (Å²) in [7, 11) is 0. The number of hydrogen-bond acceptors (Lipinski definition) is 4. The minimum atomic E-state index is -1.11. The van der Waals surface area contributed by atoms with Gasteiger partial charge in [0.2, 0.25) is 0 Å². The molecule has 1 fully saturated rings. The molecule has 6 heteroatoms. The van der Waals surface area contributed by atoms with Crippen LogP contribution in [0.5, 0.6) is 0 Å². The summed E-state index contributed by atoms with van der Waals surface area (Å²) in [5.41, 5.74) is 5.23. The number of hydrogen-bond donors (Lipinski definition) is 1. The van der Waals surface area contributed by atoms with Gasteiger partial charge < -0.3 is 15.4 Å². The van der Waals surface area contributed by atoms with Gasteiger partial charge in [-0.1, -0.05) is 0 Å².